The molecule has 2 aromatic carbocycles. The second-order valence-corrected chi connectivity index (χ2v) is 8.61. The zero-order valence-electron chi connectivity index (χ0n) is 20.3. The number of thioether (sulfide) groups is 1. The molecule has 0 spiro atoms. The molecule has 1 aromatic heterocycles. The van der Waals surface area contributed by atoms with E-state index < -0.39 is 0 Å². The van der Waals surface area contributed by atoms with Crippen LogP contribution >= 0.6 is 11.8 Å². The van der Waals surface area contributed by atoms with Gasteiger partial charge in [-0.05, 0) is 36.2 Å². The predicted octanol–water partition coefficient (Wildman–Crippen LogP) is 4.53. The van der Waals surface area contributed by atoms with Crippen molar-refractivity contribution in [3.8, 4) is 40.5 Å². The predicted molar refractivity (Wildman–Crippen MR) is 138 cm³/mol. The first-order valence-electron chi connectivity index (χ1n) is 10.8. The average molecular weight is 504 g/mol. The first kappa shape index (κ1) is 26.2. The van der Waals surface area contributed by atoms with Gasteiger partial charge in [-0.3, -0.25) is 4.79 Å². The van der Waals surface area contributed by atoms with Gasteiger partial charge >= 0.3 is 0 Å². The minimum atomic E-state index is -0.165. The van der Waals surface area contributed by atoms with Crippen LogP contribution in [0.3, 0.4) is 0 Å². The Kier molecular flexibility index (Phi) is 8.61. The third-order valence-electron chi connectivity index (χ3n) is 5.36. The summed E-state index contributed by atoms with van der Waals surface area (Å²) in [5.74, 6) is 1.25. The molecule has 1 heterocycles. The van der Waals surface area contributed by atoms with Crippen molar-refractivity contribution < 1.29 is 19.0 Å². The Balaban J connectivity index is 1.96. The number of aromatic nitrogens is 1. The molecule has 0 saturated carbocycles. The fraction of sp³-hybridized carbons (Fsp3) is 0.231. The van der Waals surface area contributed by atoms with Crippen LogP contribution < -0.4 is 25.3 Å². The molecule has 0 aliphatic carbocycles. The molecule has 36 heavy (non-hydrogen) atoms. The Morgan fingerprint density at radius 3 is 2.25 bits per heavy atom. The molecular weight excluding hydrogens is 478 g/mol. The van der Waals surface area contributed by atoms with Crippen LogP contribution in [0.15, 0.2) is 41.4 Å². The van der Waals surface area contributed by atoms with Gasteiger partial charge in [-0.2, -0.15) is 10.5 Å². The van der Waals surface area contributed by atoms with Gasteiger partial charge < -0.3 is 25.3 Å². The molecule has 0 fully saturated rings. The fourth-order valence-corrected chi connectivity index (χ4v) is 4.52. The van der Waals surface area contributed by atoms with Gasteiger partial charge in [-0.25, -0.2) is 4.98 Å². The van der Waals surface area contributed by atoms with E-state index >= 15 is 0 Å². The van der Waals surface area contributed by atoms with Gasteiger partial charge in [0.25, 0.3) is 0 Å². The maximum absolute atomic E-state index is 12.4. The molecule has 3 N–H and O–H groups in total. The summed E-state index contributed by atoms with van der Waals surface area (Å²) in [5, 5.41) is 23.1. The number of hydrogen-bond acceptors (Lipinski definition) is 9. The van der Waals surface area contributed by atoms with Gasteiger partial charge in [0.15, 0.2) is 11.5 Å². The SMILES string of the molecule is COc1cc(-c2c(C#N)c(N)nc(SCCC(=O)Nc3ccccc3C)c2C#N)cc(OC)c1OC. The summed E-state index contributed by atoms with van der Waals surface area (Å²) >= 11 is 1.21. The van der Waals surface area contributed by atoms with Crippen LogP contribution in [-0.2, 0) is 4.79 Å². The van der Waals surface area contributed by atoms with Gasteiger partial charge in [0, 0.05) is 23.4 Å². The highest BCUT2D eigenvalue weighted by molar-refractivity contribution is 7.99. The van der Waals surface area contributed by atoms with E-state index in [1.165, 1.54) is 33.1 Å². The molecule has 3 aromatic rings. The Morgan fingerprint density at radius 1 is 1.06 bits per heavy atom. The highest BCUT2D eigenvalue weighted by Gasteiger charge is 2.23. The summed E-state index contributed by atoms with van der Waals surface area (Å²) in [4.78, 5) is 16.7. The van der Waals surface area contributed by atoms with Crippen molar-refractivity contribution in [2.75, 3.05) is 38.1 Å². The van der Waals surface area contributed by atoms with E-state index in [1.807, 2.05) is 37.3 Å². The van der Waals surface area contributed by atoms with E-state index in [9.17, 15) is 15.3 Å². The Hall–Kier alpha value is -4.41. The third-order valence-corrected chi connectivity index (χ3v) is 6.33. The molecular formula is C26H25N5O4S. The number of pyridine rings is 1. The molecule has 0 aliphatic rings. The number of benzene rings is 2. The molecule has 10 heteroatoms. The zero-order chi connectivity index (χ0) is 26.2. The second-order valence-electron chi connectivity index (χ2n) is 7.53. The number of rotatable bonds is 9. The number of nitriles is 2. The van der Waals surface area contributed by atoms with Crippen molar-refractivity contribution in [2.24, 2.45) is 0 Å². The molecule has 3 rings (SSSR count). The number of amides is 1. The number of nitrogen functional groups attached to an aromatic ring is 1. The first-order valence-corrected chi connectivity index (χ1v) is 11.8. The molecule has 0 saturated heterocycles. The van der Waals surface area contributed by atoms with Crippen LogP contribution in [0.25, 0.3) is 11.1 Å². The maximum Gasteiger partial charge on any atom is 0.225 e. The number of ether oxygens (including phenoxy) is 3. The molecule has 0 radical (unpaired) electrons. The van der Waals surface area contributed by atoms with E-state index in [4.69, 9.17) is 19.9 Å². The molecule has 0 aliphatic heterocycles. The highest BCUT2D eigenvalue weighted by atomic mass is 32.2. The third kappa shape index (κ3) is 5.45. The van der Waals surface area contributed by atoms with Gasteiger partial charge in [0.2, 0.25) is 11.7 Å². The summed E-state index contributed by atoms with van der Waals surface area (Å²) in [6, 6.07) is 15.0. The lowest BCUT2D eigenvalue weighted by atomic mass is 9.96. The van der Waals surface area contributed by atoms with Gasteiger partial charge in [-0.1, -0.05) is 18.2 Å². The summed E-state index contributed by atoms with van der Waals surface area (Å²) in [7, 11) is 4.43. The lowest BCUT2D eigenvalue weighted by Crippen LogP contribution is -2.13. The number of carbonyl (C=O) groups excluding carboxylic acids is 1. The van der Waals surface area contributed by atoms with Crippen LogP contribution in [0, 0.1) is 29.6 Å². The number of nitrogens with one attached hydrogen (secondary N) is 1. The lowest BCUT2D eigenvalue weighted by molar-refractivity contribution is -0.115. The molecule has 0 unspecified atom stereocenters. The van der Waals surface area contributed by atoms with Crippen molar-refractivity contribution in [1.82, 2.24) is 4.98 Å². The normalized spacial score (nSPS) is 10.2. The van der Waals surface area contributed by atoms with Crippen molar-refractivity contribution in [1.29, 1.82) is 10.5 Å². The van der Waals surface area contributed by atoms with Crippen molar-refractivity contribution in [2.45, 2.75) is 18.4 Å². The van der Waals surface area contributed by atoms with Crippen LogP contribution in [0.4, 0.5) is 11.5 Å². The van der Waals surface area contributed by atoms with Gasteiger partial charge in [0.05, 0.1) is 26.9 Å². The van der Waals surface area contributed by atoms with E-state index in [0.717, 1.165) is 11.3 Å². The topological polar surface area (TPSA) is 143 Å². The first-order chi connectivity index (χ1) is 17.4. The summed E-state index contributed by atoms with van der Waals surface area (Å²) in [6.07, 6.45) is 0.185. The number of aryl methyl sites for hydroxylation is 1. The average Bonchev–Trinajstić information content (AvgIpc) is 2.88. The number of methoxy groups -OCH3 is 3. The summed E-state index contributed by atoms with van der Waals surface area (Å²) in [5.41, 5.74) is 8.83. The smallest absolute Gasteiger partial charge is 0.225 e. The minimum Gasteiger partial charge on any atom is -0.493 e. The molecule has 184 valence electrons. The molecule has 1 amide bonds. The Bertz CT molecular complexity index is 1350. The molecule has 9 nitrogen and oxygen atoms in total. The quantitative estimate of drug-likeness (QED) is 0.402. The van der Waals surface area contributed by atoms with E-state index in [1.54, 1.807) is 12.1 Å². The van der Waals surface area contributed by atoms with Gasteiger partial charge in [0.1, 0.15) is 28.5 Å². The van der Waals surface area contributed by atoms with Crippen LogP contribution in [0.2, 0.25) is 0 Å². The maximum atomic E-state index is 12.4. The molecule has 0 bridgehead atoms. The highest BCUT2D eigenvalue weighted by Crippen LogP contribution is 2.44. The number of anilines is 2. The minimum absolute atomic E-state index is 0.0212. The van der Waals surface area contributed by atoms with E-state index in [0.29, 0.717) is 39.2 Å². The number of nitrogens with two attached hydrogens (primary N) is 1. The standard InChI is InChI=1S/C26H25N5O4S/c1-15-7-5-6-8-19(15)30-22(32)9-10-36-26-18(14-28)23(17(13-27)25(29)31-26)16-11-20(33-2)24(35-4)21(12-16)34-3/h5-8,11-12H,9-10H2,1-4H3,(H2,29,31)(H,30,32). The zero-order valence-corrected chi connectivity index (χ0v) is 21.2. The van der Waals surface area contributed by atoms with Crippen LogP contribution in [0.5, 0.6) is 17.2 Å². The van der Waals surface area contributed by atoms with Crippen molar-refractivity contribution in [3.05, 3.63) is 53.1 Å². The number of carbonyl (C=O) groups is 1. The Morgan fingerprint density at radius 2 is 1.69 bits per heavy atom. The Labute approximate surface area is 213 Å². The lowest BCUT2D eigenvalue weighted by Gasteiger charge is -2.17. The number of para-hydroxylation sites is 1. The van der Waals surface area contributed by atoms with Crippen molar-refractivity contribution >= 4 is 29.2 Å². The van der Waals surface area contributed by atoms with Crippen LogP contribution in [0.1, 0.15) is 23.1 Å². The fourth-order valence-electron chi connectivity index (χ4n) is 3.58. The van der Waals surface area contributed by atoms with E-state index in [-0.39, 0.29) is 29.3 Å². The summed E-state index contributed by atoms with van der Waals surface area (Å²) in [6.45, 7) is 1.91. The summed E-state index contributed by atoms with van der Waals surface area (Å²) < 4.78 is 16.2. The molecule has 0 atom stereocenters. The van der Waals surface area contributed by atoms with Crippen molar-refractivity contribution in [3.63, 3.8) is 0 Å². The second kappa shape index (κ2) is 11.8. The van der Waals surface area contributed by atoms with Gasteiger partial charge in [-0.15, -0.1) is 11.8 Å². The van der Waals surface area contributed by atoms with E-state index in [2.05, 4.69) is 16.4 Å². The number of nitrogens with zero attached hydrogens (tertiary/aromatic N) is 3. The number of hydrogen-bond donors (Lipinski definition) is 2. The monoisotopic (exact) mass is 503 g/mol. The van der Waals surface area contributed by atoms with Crippen LogP contribution in [-0.4, -0.2) is 38.0 Å². The largest absolute Gasteiger partial charge is 0.493 e.